The number of hydrogen-bond acceptors (Lipinski definition) is 3. The van der Waals surface area contributed by atoms with Gasteiger partial charge in [0.2, 0.25) is 5.91 Å². The molecule has 1 N–H and O–H groups in total. The number of carbonyl (C=O) groups excluding carboxylic acids is 1. The molecule has 2 rings (SSSR count). The summed E-state index contributed by atoms with van der Waals surface area (Å²) in [4.78, 5) is 14.1. The molecule has 1 aromatic carbocycles. The lowest BCUT2D eigenvalue weighted by Gasteiger charge is -2.31. The number of rotatable bonds is 8. The Balaban J connectivity index is 1.53. The van der Waals surface area contributed by atoms with Crippen molar-refractivity contribution in [1.29, 1.82) is 0 Å². The van der Waals surface area contributed by atoms with Gasteiger partial charge in [0.05, 0.1) is 6.61 Å². The van der Waals surface area contributed by atoms with Crippen molar-refractivity contribution >= 4 is 5.91 Å². The summed E-state index contributed by atoms with van der Waals surface area (Å²) in [5, 5.41) is 3.33. The van der Waals surface area contributed by atoms with E-state index < -0.39 is 0 Å². The Morgan fingerprint density at radius 1 is 1.23 bits per heavy atom. The normalized spacial score (nSPS) is 15.7. The quantitative estimate of drug-likeness (QED) is 0.749. The molecule has 0 saturated carbocycles. The lowest BCUT2D eigenvalue weighted by Crippen LogP contribution is -2.43. The molecular formula is C18H28N2O2. The fraction of sp³-hybridized carbons (Fsp3) is 0.611. The Bertz CT molecular complexity index is 430. The average Bonchev–Trinajstić information content (AvgIpc) is 2.58. The molecule has 22 heavy (non-hydrogen) atoms. The molecule has 4 nitrogen and oxygen atoms in total. The number of benzene rings is 1. The van der Waals surface area contributed by atoms with Crippen LogP contribution in [0.25, 0.3) is 0 Å². The van der Waals surface area contributed by atoms with Crippen LogP contribution in [0.3, 0.4) is 0 Å². The van der Waals surface area contributed by atoms with E-state index in [1.807, 2.05) is 30.1 Å². The number of hydrogen-bond donors (Lipinski definition) is 1. The molecule has 0 radical (unpaired) electrons. The summed E-state index contributed by atoms with van der Waals surface area (Å²) < 4.78 is 5.63. The number of nitrogens with one attached hydrogen (secondary N) is 1. The molecule has 1 amide bonds. The Hall–Kier alpha value is -1.39. The van der Waals surface area contributed by atoms with Crippen LogP contribution in [0.4, 0.5) is 0 Å². The van der Waals surface area contributed by atoms with Crippen molar-refractivity contribution in [2.24, 2.45) is 0 Å². The first-order valence-corrected chi connectivity index (χ1v) is 8.35. The standard InChI is InChI=1S/C18H28N2O2/c1-20(17-9-12-19-13-10-17)18(21)8-5-14-22-15-11-16-6-3-2-4-7-16/h2-4,6-7,17,19H,5,8-15H2,1H3. The van der Waals surface area contributed by atoms with E-state index in [0.717, 1.165) is 45.4 Å². The van der Waals surface area contributed by atoms with Gasteiger partial charge in [-0.25, -0.2) is 0 Å². The van der Waals surface area contributed by atoms with Crippen LogP contribution in [-0.2, 0) is 16.0 Å². The van der Waals surface area contributed by atoms with E-state index in [0.29, 0.717) is 19.1 Å². The average molecular weight is 304 g/mol. The highest BCUT2D eigenvalue weighted by molar-refractivity contribution is 5.76. The van der Waals surface area contributed by atoms with Crippen LogP contribution in [-0.4, -0.2) is 50.2 Å². The number of ether oxygens (including phenoxy) is 1. The second-order valence-electron chi connectivity index (χ2n) is 5.94. The Labute approximate surface area is 133 Å². The molecule has 0 aromatic heterocycles. The van der Waals surface area contributed by atoms with E-state index in [-0.39, 0.29) is 5.91 Å². The van der Waals surface area contributed by atoms with Crippen molar-refractivity contribution in [2.45, 2.75) is 38.1 Å². The minimum atomic E-state index is 0.249. The van der Waals surface area contributed by atoms with Gasteiger partial charge in [0.25, 0.3) is 0 Å². The molecule has 0 atom stereocenters. The fourth-order valence-corrected chi connectivity index (χ4v) is 2.84. The second-order valence-corrected chi connectivity index (χ2v) is 5.94. The van der Waals surface area contributed by atoms with Gasteiger partial charge in [-0.2, -0.15) is 0 Å². The molecule has 1 saturated heterocycles. The molecule has 1 heterocycles. The van der Waals surface area contributed by atoms with Crippen LogP contribution in [0.2, 0.25) is 0 Å². The number of piperidine rings is 1. The number of amides is 1. The summed E-state index contributed by atoms with van der Waals surface area (Å²) >= 11 is 0. The van der Waals surface area contributed by atoms with Gasteiger partial charge in [-0.15, -0.1) is 0 Å². The summed E-state index contributed by atoms with van der Waals surface area (Å²) in [6.07, 6.45) is 4.46. The monoisotopic (exact) mass is 304 g/mol. The molecule has 0 spiro atoms. The zero-order valence-corrected chi connectivity index (χ0v) is 13.6. The largest absolute Gasteiger partial charge is 0.381 e. The van der Waals surface area contributed by atoms with E-state index in [4.69, 9.17) is 4.74 Å². The fourth-order valence-electron chi connectivity index (χ4n) is 2.84. The predicted molar refractivity (Wildman–Crippen MR) is 88.9 cm³/mol. The van der Waals surface area contributed by atoms with Gasteiger partial charge in [0, 0.05) is 26.1 Å². The molecule has 4 heteroatoms. The van der Waals surface area contributed by atoms with Crippen molar-refractivity contribution in [3.63, 3.8) is 0 Å². The summed E-state index contributed by atoms with van der Waals surface area (Å²) in [7, 11) is 1.94. The van der Waals surface area contributed by atoms with Crippen LogP contribution in [0.15, 0.2) is 30.3 Å². The van der Waals surface area contributed by atoms with Gasteiger partial charge in [0.15, 0.2) is 0 Å². The zero-order valence-electron chi connectivity index (χ0n) is 13.6. The van der Waals surface area contributed by atoms with Gasteiger partial charge in [-0.05, 0) is 44.3 Å². The molecule has 122 valence electrons. The highest BCUT2D eigenvalue weighted by Crippen LogP contribution is 2.11. The summed E-state index contributed by atoms with van der Waals surface area (Å²) in [5.74, 6) is 0.249. The van der Waals surface area contributed by atoms with E-state index in [1.54, 1.807) is 0 Å². The number of carbonyl (C=O) groups is 1. The van der Waals surface area contributed by atoms with Crippen molar-refractivity contribution in [2.75, 3.05) is 33.4 Å². The SMILES string of the molecule is CN(C(=O)CCCOCCc1ccccc1)C1CCNCC1. The highest BCUT2D eigenvalue weighted by atomic mass is 16.5. The lowest BCUT2D eigenvalue weighted by molar-refractivity contribution is -0.132. The highest BCUT2D eigenvalue weighted by Gasteiger charge is 2.21. The third-order valence-corrected chi connectivity index (χ3v) is 4.31. The maximum Gasteiger partial charge on any atom is 0.222 e. The third kappa shape index (κ3) is 5.78. The summed E-state index contributed by atoms with van der Waals surface area (Å²) in [5.41, 5.74) is 1.30. The van der Waals surface area contributed by atoms with Crippen LogP contribution >= 0.6 is 0 Å². The molecule has 0 bridgehead atoms. The lowest BCUT2D eigenvalue weighted by atomic mass is 10.0. The first-order chi connectivity index (χ1) is 10.8. The molecule has 0 aliphatic carbocycles. The zero-order chi connectivity index (χ0) is 15.6. The van der Waals surface area contributed by atoms with Crippen LogP contribution in [0, 0.1) is 0 Å². The maximum atomic E-state index is 12.1. The van der Waals surface area contributed by atoms with E-state index >= 15 is 0 Å². The summed E-state index contributed by atoms with van der Waals surface area (Å²) in [6, 6.07) is 10.7. The van der Waals surface area contributed by atoms with E-state index in [2.05, 4.69) is 17.4 Å². The Morgan fingerprint density at radius 2 is 1.95 bits per heavy atom. The minimum Gasteiger partial charge on any atom is -0.381 e. The van der Waals surface area contributed by atoms with Gasteiger partial charge in [-0.1, -0.05) is 30.3 Å². The topological polar surface area (TPSA) is 41.6 Å². The Kier molecular flexibility index (Phi) is 7.40. The summed E-state index contributed by atoms with van der Waals surface area (Å²) in [6.45, 7) is 3.43. The molecule has 0 unspecified atom stereocenters. The molecule has 1 aromatic rings. The minimum absolute atomic E-state index is 0.249. The number of nitrogens with zero attached hydrogens (tertiary/aromatic N) is 1. The van der Waals surface area contributed by atoms with Gasteiger partial charge >= 0.3 is 0 Å². The smallest absolute Gasteiger partial charge is 0.222 e. The van der Waals surface area contributed by atoms with Crippen LogP contribution < -0.4 is 5.32 Å². The maximum absolute atomic E-state index is 12.1. The molecular weight excluding hydrogens is 276 g/mol. The van der Waals surface area contributed by atoms with Crippen LogP contribution in [0.1, 0.15) is 31.2 Å². The van der Waals surface area contributed by atoms with E-state index in [1.165, 1.54) is 5.56 Å². The third-order valence-electron chi connectivity index (χ3n) is 4.31. The van der Waals surface area contributed by atoms with Crippen molar-refractivity contribution in [3.8, 4) is 0 Å². The van der Waals surface area contributed by atoms with Crippen molar-refractivity contribution < 1.29 is 9.53 Å². The molecule has 1 fully saturated rings. The first-order valence-electron chi connectivity index (χ1n) is 8.35. The second kappa shape index (κ2) is 9.59. The molecule has 1 aliphatic rings. The van der Waals surface area contributed by atoms with Crippen molar-refractivity contribution in [1.82, 2.24) is 10.2 Å². The van der Waals surface area contributed by atoms with Crippen molar-refractivity contribution in [3.05, 3.63) is 35.9 Å². The Morgan fingerprint density at radius 3 is 2.68 bits per heavy atom. The van der Waals surface area contributed by atoms with Crippen LogP contribution in [0.5, 0.6) is 0 Å². The van der Waals surface area contributed by atoms with Gasteiger partial charge < -0.3 is 15.0 Å². The first kappa shape index (κ1) is 17.0. The predicted octanol–water partition coefficient (Wildman–Crippen LogP) is 2.24. The van der Waals surface area contributed by atoms with Gasteiger partial charge in [0.1, 0.15) is 0 Å². The van der Waals surface area contributed by atoms with E-state index in [9.17, 15) is 4.79 Å². The van der Waals surface area contributed by atoms with Gasteiger partial charge in [-0.3, -0.25) is 4.79 Å². The molecule has 1 aliphatic heterocycles.